The fourth-order valence-corrected chi connectivity index (χ4v) is 2.24. The molecule has 0 saturated carbocycles. The summed E-state index contributed by atoms with van der Waals surface area (Å²) >= 11 is 0. The Hall–Kier alpha value is -0.880. The summed E-state index contributed by atoms with van der Waals surface area (Å²) in [5.41, 5.74) is 0. The highest BCUT2D eigenvalue weighted by atomic mass is 19.4. The van der Waals surface area contributed by atoms with Crippen molar-refractivity contribution in [1.29, 1.82) is 0 Å². The maximum Gasteiger partial charge on any atom is 0.384 e. The molecule has 0 aromatic heterocycles. The molecule has 13 heteroatoms. The third kappa shape index (κ3) is 4.64. The Bertz CT molecular complexity index is 489. The van der Waals surface area contributed by atoms with Gasteiger partial charge in [0.25, 0.3) is 0 Å². The van der Waals surface area contributed by atoms with Gasteiger partial charge in [0.1, 0.15) is 0 Å². The summed E-state index contributed by atoms with van der Waals surface area (Å²) in [6, 6.07) is 0. The lowest BCUT2D eigenvalue weighted by atomic mass is 9.88. The van der Waals surface area contributed by atoms with Crippen molar-refractivity contribution in [3.63, 3.8) is 0 Å². The molecular formula is C15H20F12O. The van der Waals surface area contributed by atoms with Crippen molar-refractivity contribution in [2.45, 2.75) is 87.4 Å². The van der Waals surface area contributed by atoms with Gasteiger partial charge in [0.15, 0.2) is 0 Å². The number of hydrogen-bond donors (Lipinski definition) is 1. The molecule has 0 aliphatic rings. The predicted octanol–water partition coefficient (Wildman–Crippen LogP) is 6.54. The molecule has 0 spiro atoms. The van der Waals surface area contributed by atoms with Gasteiger partial charge in [0.2, 0.25) is 0 Å². The summed E-state index contributed by atoms with van der Waals surface area (Å²) < 4.78 is 162. The molecule has 1 nitrogen and oxygen atoms in total. The molecule has 0 saturated heterocycles. The molecule has 0 heterocycles. The van der Waals surface area contributed by atoms with Gasteiger partial charge in [-0.3, -0.25) is 0 Å². The van der Waals surface area contributed by atoms with E-state index in [9.17, 15) is 52.7 Å². The van der Waals surface area contributed by atoms with Crippen LogP contribution in [0.2, 0.25) is 0 Å². The summed E-state index contributed by atoms with van der Waals surface area (Å²) in [4.78, 5) is 0. The molecule has 0 radical (unpaired) electrons. The van der Waals surface area contributed by atoms with Crippen molar-refractivity contribution < 1.29 is 57.8 Å². The lowest BCUT2D eigenvalue weighted by Crippen LogP contribution is -2.70. The van der Waals surface area contributed by atoms with Gasteiger partial charge < -0.3 is 5.11 Å². The molecule has 0 fully saturated rings. The highest BCUT2D eigenvalue weighted by Gasteiger charge is 2.89. The SMILES string of the molecule is CCCCCCC(F)(F)C(F)(F)C(F)(F)C(F)(F)C(F)(F)C(F)(F)CCCO. The highest BCUT2D eigenvalue weighted by Crippen LogP contribution is 2.61. The zero-order chi connectivity index (χ0) is 22.7. The van der Waals surface area contributed by atoms with Crippen LogP contribution in [0.4, 0.5) is 52.7 Å². The number of alkyl halides is 12. The number of rotatable bonds is 13. The van der Waals surface area contributed by atoms with Crippen LogP contribution in [0.25, 0.3) is 0 Å². The summed E-state index contributed by atoms with van der Waals surface area (Å²) in [7, 11) is 0. The van der Waals surface area contributed by atoms with Crippen molar-refractivity contribution in [2.75, 3.05) is 6.61 Å². The van der Waals surface area contributed by atoms with Gasteiger partial charge in [-0.25, -0.2) is 0 Å². The maximum atomic E-state index is 13.6. The average molecular weight is 444 g/mol. The molecule has 0 rings (SSSR count). The van der Waals surface area contributed by atoms with Crippen molar-refractivity contribution >= 4 is 0 Å². The van der Waals surface area contributed by atoms with Crippen LogP contribution in [0.1, 0.15) is 51.9 Å². The van der Waals surface area contributed by atoms with E-state index >= 15 is 0 Å². The molecule has 0 unspecified atom stereocenters. The molecule has 170 valence electrons. The largest absolute Gasteiger partial charge is 0.396 e. The van der Waals surface area contributed by atoms with Gasteiger partial charge in [-0.05, 0) is 12.8 Å². The second kappa shape index (κ2) is 8.86. The Morgan fingerprint density at radius 3 is 1.18 bits per heavy atom. The quantitative estimate of drug-likeness (QED) is 0.253. The Morgan fingerprint density at radius 2 is 0.857 bits per heavy atom. The Kier molecular flexibility index (Phi) is 8.59. The molecule has 0 amide bonds. The Morgan fingerprint density at radius 1 is 0.500 bits per heavy atom. The smallest absolute Gasteiger partial charge is 0.384 e. The van der Waals surface area contributed by atoms with Gasteiger partial charge in [0, 0.05) is 19.4 Å². The number of halogens is 12. The zero-order valence-electron chi connectivity index (χ0n) is 14.6. The standard InChI is InChI=1S/C15H20F12O/c1-2-3-4-5-7-10(16,17)12(20,21)14(24,25)15(26,27)13(22,23)11(18,19)8-6-9-28/h28H,2-9H2,1H3. The minimum Gasteiger partial charge on any atom is -0.396 e. The van der Waals surface area contributed by atoms with E-state index in [4.69, 9.17) is 5.11 Å². The van der Waals surface area contributed by atoms with Crippen LogP contribution in [-0.4, -0.2) is 47.2 Å². The first-order valence-corrected chi connectivity index (χ1v) is 8.25. The average Bonchev–Trinajstić information content (AvgIpc) is 2.56. The van der Waals surface area contributed by atoms with Gasteiger partial charge in [-0.1, -0.05) is 26.2 Å². The van der Waals surface area contributed by atoms with E-state index in [1.165, 1.54) is 0 Å². The van der Waals surface area contributed by atoms with Crippen molar-refractivity contribution in [2.24, 2.45) is 0 Å². The molecule has 1 N–H and O–H groups in total. The summed E-state index contributed by atoms with van der Waals surface area (Å²) in [5, 5.41) is 8.28. The number of hydrogen-bond acceptors (Lipinski definition) is 1. The first-order valence-electron chi connectivity index (χ1n) is 8.25. The normalized spacial score (nSPS) is 15.2. The minimum atomic E-state index is -7.52. The fraction of sp³-hybridized carbons (Fsp3) is 1.00. The lowest BCUT2D eigenvalue weighted by molar-refractivity contribution is -0.425. The van der Waals surface area contributed by atoms with Crippen LogP contribution in [0.5, 0.6) is 0 Å². The summed E-state index contributed by atoms with van der Waals surface area (Å²) in [6.45, 7) is 0.361. The molecule has 0 aliphatic carbocycles. The van der Waals surface area contributed by atoms with Crippen LogP contribution >= 0.6 is 0 Å². The van der Waals surface area contributed by atoms with Crippen molar-refractivity contribution in [1.82, 2.24) is 0 Å². The number of aliphatic hydroxyl groups excluding tert-OH is 1. The third-order valence-corrected chi connectivity index (χ3v) is 4.09. The van der Waals surface area contributed by atoms with Gasteiger partial charge in [-0.2, -0.15) is 52.7 Å². The molecule has 0 aromatic rings. The minimum absolute atomic E-state index is 0.153. The molecule has 0 atom stereocenters. The monoisotopic (exact) mass is 444 g/mol. The van der Waals surface area contributed by atoms with Gasteiger partial charge in [0.05, 0.1) is 0 Å². The first-order chi connectivity index (χ1) is 12.4. The van der Waals surface area contributed by atoms with Crippen LogP contribution in [0, 0.1) is 0 Å². The van der Waals surface area contributed by atoms with E-state index in [1.54, 1.807) is 6.92 Å². The molecule has 0 aliphatic heterocycles. The predicted molar refractivity (Wildman–Crippen MR) is 74.8 cm³/mol. The van der Waals surface area contributed by atoms with Crippen LogP contribution in [0.15, 0.2) is 0 Å². The maximum absolute atomic E-state index is 13.6. The van der Waals surface area contributed by atoms with Crippen LogP contribution in [-0.2, 0) is 0 Å². The topological polar surface area (TPSA) is 20.2 Å². The van der Waals surface area contributed by atoms with Crippen LogP contribution in [0.3, 0.4) is 0 Å². The van der Waals surface area contributed by atoms with E-state index in [0.29, 0.717) is 6.42 Å². The fourth-order valence-electron chi connectivity index (χ4n) is 2.24. The molecule has 28 heavy (non-hydrogen) atoms. The second-order valence-corrected chi connectivity index (χ2v) is 6.34. The van der Waals surface area contributed by atoms with E-state index in [-0.39, 0.29) is 12.8 Å². The summed E-state index contributed by atoms with van der Waals surface area (Å²) in [5.74, 6) is -41.0. The zero-order valence-corrected chi connectivity index (χ0v) is 14.6. The molecule has 0 bridgehead atoms. The first kappa shape index (κ1) is 27.1. The lowest BCUT2D eigenvalue weighted by Gasteiger charge is -2.41. The second-order valence-electron chi connectivity index (χ2n) is 6.34. The van der Waals surface area contributed by atoms with E-state index in [1.807, 2.05) is 0 Å². The Balaban J connectivity index is 5.89. The van der Waals surface area contributed by atoms with E-state index < -0.39 is 67.8 Å². The number of aliphatic hydroxyl groups is 1. The summed E-state index contributed by atoms with van der Waals surface area (Å²) in [6.07, 6.45) is -5.86. The third-order valence-electron chi connectivity index (χ3n) is 4.09. The molecular weight excluding hydrogens is 424 g/mol. The van der Waals surface area contributed by atoms with Crippen LogP contribution < -0.4 is 0 Å². The molecule has 0 aromatic carbocycles. The highest BCUT2D eigenvalue weighted by molar-refractivity contribution is 5.11. The van der Waals surface area contributed by atoms with E-state index in [2.05, 4.69) is 0 Å². The van der Waals surface area contributed by atoms with Gasteiger partial charge >= 0.3 is 35.5 Å². The Labute approximate surface area is 153 Å². The van der Waals surface area contributed by atoms with Gasteiger partial charge in [-0.15, -0.1) is 0 Å². The van der Waals surface area contributed by atoms with Crippen molar-refractivity contribution in [3.05, 3.63) is 0 Å². The number of unbranched alkanes of at least 4 members (excludes halogenated alkanes) is 3. The van der Waals surface area contributed by atoms with Crippen molar-refractivity contribution in [3.8, 4) is 0 Å². The van der Waals surface area contributed by atoms with E-state index in [0.717, 1.165) is 0 Å².